The van der Waals surface area contributed by atoms with Crippen LogP contribution in [-0.2, 0) is 6.54 Å². The van der Waals surface area contributed by atoms with E-state index in [2.05, 4.69) is 10.5 Å². The minimum Gasteiger partial charge on any atom is -0.334 e. The van der Waals surface area contributed by atoms with Crippen molar-refractivity contribution >= 4 is 23.2 Å². The van der Waals surface area contributed by atoms with Crippen molar-refractivity contribution < 1.29 is 9.32 Å². The lowest BCUT2D eigenvalue weighted by molar-refractivity contribution is 0.203. The van der Waals surface area contributed by atoms with Crippen LogP contribution < -0.4 is 5.32 Å². The van der Waals surface area contributed by atoms with Gasteiger partial charge in [0.2, 0.25) is 5.82 Å². The Labute approximate surface area is 202 Å². The molecule has 0 spiro atoms. The van der Waals surface area contributed by atoms with Gasteiger partial charge in [0.05, 0.1) is 18.2 Å². The lowest BCUT2D eigenvalue weighted by Gasteiger charge is -2.35. The Balaban J connectivity index is 1.61. The first-order valence-electron chi connectivity index (χ1n) is 11.0. The summed E-state index contributed by atoms with van der Waals surface area (Å²) in [6.45, 7) is 4.25. The van der Waals surface area contributed by atoms with Crippen LogP contribution in [0.2, 0.25) is 5.02 Å². The number of nitrogens with one attached hydrogen (secondary N) is 1. The first kappa shape index (κ1) is 21.9. The number of amides is 2. The Morgan fingerprint density at radius 1 is 0.971 bits per heavy atom. The highest BCUT2D eigenvalue weighted by atomic mass is 35.5. The van der Waals surface area contributed by atoms with Crippen molar-refractivity contribution in [1.82, 2.24) is 20.4 Å². The molecule has 34 heavy (non-hydrogen) atoms. The van der Waals surface area contributed by atoms with Gasteiger partial charge in [0, 0.05) is 16.3 Å². The molecule has 6 nitrogen and oxygen atoms in total. The third-order valence-corrected chi connectivity index (χ3v) is 6.35. The van der Waals surface area contributed by atoms with E-state index in [4.69, 9.17) is 21.1 Å². The zero-order chi connectivity index (χ0) is 23.7. The van der Waals surface area contributed by atoms with Crippen molar-refractivity contribution in [2.75, 3.05) is 0 Å². The standard InChI is InChI=1S/C27H23ClN4O2/c1-17-12-14-19(15-13-17)24-23(26-30-25(31-34-26)20-8-4-3-5-9-20)18(2)32(27(33)29-24)16-21-10-6-7-11-22(21)28/h3-15,24H,16H2,1-2H3,(H,29,33). The van der Waals surface area contributed by atoms with Crippen LogP contribution in [0.1, 0.15) is 35.5 Å². The fourth-order valence-corrected chi connectivity index (χ4v) is 4.29. The van der Waals surface area contributed by atoms with Gasteiger partial charge < -0.3 is 9.84 Å². The third-order valence-electron chi connectivity index (χ3n) is 5.98. The predicted molar refractivity (Wildman–Crippen MR) is 132 cm³/mol. The molecule has 0 saturated heterocycles. The molecule has 0 bridgehead atoms. The van der Waals surface area contributed by atoms with Crippen LogP contribution in [-0.4, -0.2) is 21.1 Å². The van der Waals surface area contributed by atoms with Crippen LogP contribution >= 0.6 is 11.6 Å². The van der Waals surface area contributed by atoms with Gasteiger partial charge in [-0.05, 0) is 31.0 Å². The van der Waals surface area contributed by atoms with Crippen molar-refractivity contribution in [3.63, 3.8) is 0 Å². The van der Waals surface area contributed by atoms with Crippen LogP contribution in [0, 0.1) is 6.92 Å². The van der Waals surface area contributed by atoms with Gasteiger partial charge in [-0.25, -0.2) is 4.79 Å². The smallest absolute Gasteiger partial charge is 0.322 e. The number of aryl methyl sites for hydroxylation is 1. The quantitative estimate of drug-likeness (QED) is 0.366. The molecule has 2 heterocycles. The normalized spacial score (nSPS) is 16.0. The van der Waals surface area contributed by atoms with E-state index >= 15 is 0 Å². The van der Waals surface area contributed by atoms with E-state index in [-0.39, 0.29) is 6.03 Å². The average Bonchev–Trinajstić information content (AvgIpc) is 3.33. The molecular formula is C27H23ClN4O2. The lowest BCUT2D eigenvalue weighted by atomic mass is 9.94. The molecule has 0 aliphatic carbocycles. The topological polar surface area (TPSA) is 71.3 Å². The van der Waals surface area contributed by atoms with E-state index < -0.39 is 6.04 Å². The summed E-state index contributed by atoms with van der Waals surface area (Å²) in [4.78, 5) is 19.6. The number of hydrogen-bond acceptors (Lipinski definition) is 4. The number of urea groups is 1. The molecule has 1 N–H and O–H groups in total. The minimum atomic E-state index is -0.431. The fraction of sp³-hybridized carbons (Fsp3) is 0.148. The molecule has 5 rings (SSSR count). The van der Waals surface area contributed by atoms with Crippen LogP contribution in [0.25, 0.3) is 17.0 Å². The highest BCUT2D eigenvalue weighted by molar-refractivity contribution is 6.31. The Morgan fingerprint density at radius 2 is 1.68 bits per heavy atom. The largest absolute Gasteiger partial charge is 0.334 e. The molecule has 170 valence electrons. The highest BCUT2D eigenvalue weighted by Crippen LogP contribution is 2.38. The first-order valence-corrected chi connectivity index (χ1v) is 11.4. The number of carbonyl (C=O) groups is 1. The average molecular weight is 471 g/mol. The van der Waals surface area contributed by atoms with Crippen molar-refractivity contribution in [3.05, 3.63) is 112 Å². The van der Waals surface area contributed by atoms with E-state index in [0.717, 1.165) is 33.5 Å². The maximum atomic E-state index is 13.2. The van der Waals surface area contributed by atoms with Gasteiger partial charge in [-0.3, -0.25) is 4.90 Å². The van der Waals surface area contributed by atoms with Crippen molar-refractivity contribution in [2.45, 2.75) is 26.4 Å². The minimum absolute atomic E-state index is 0.213. The van der Waals surface area contributed by atoms with Crippen molar-refractivity contribution in [1.29, 1.82) is 0 Å². The van der Waals surface area contributed by atoms with E-state index in [0.29, 0.717) is 23.3 Å². The van der Waals surface area contributed by atoms with Gasteiger partial charge in [-0.1, -0.05) is 95.1 Å². The Morgan fingerprint density at radius 3 is 2.41 bits per heavy atom. The van der Waals surface area contributed by atoms with Gasteiger partial charge in [0.15, 0.2) is 0 Å². The zero-order valence-corrected chi connectivity index (χ0v) is 19.6. The van der Waals surface area contributed by atoms with Crippen LogP contribution in [0.15, 0.2) is 89.1 Å². The first-order chi connectivity index (χ1) is 16.5. The molecular weight excluding hydrogens is 448 g/mol. The second kappa shape index (κ2) is 9.15. The molecule has 0 fully saturated rings. The third kappa shape index (κ3) is 4.20. The summed E-state index contributed by atoms with van der Waals surface area (Å²) in [5.41, 5.74) is 5.27. The number of allylic oxidation sites excluding steroid dienone is 1. The number of aromatic nitrogens is 2. The number of hydrogen-bond donors (Lipinski definition) is 1. The molecule has 0 saturated carbocycles. The molecule has 3 aromatic carbocycles. The molecule has 1 aromatic heterocycles. The number of carbonyl (C=O) groups excluding carboxylic acids is 1. The molecule has 4 aromatic rings. The monoisotopic (exact) mass is 470 g/mol. The molecule has 1 aliphatic rings. The second-order valence-electron chi connectivity index (χ2n) is 8.26. The highest BCUT2D eigenvalue weighted by Gasteiger charge is 2.36. The summed E-state index contributed by atoms with van der Waals surface area (Å²) in [6.07, 6.45) is 0. The predicted octanol–water partition coefficient (Wildman–Crippen LogP) is 6.40. The maximum Gasteiger partial charge on any atom is 0.322 e. The zero-order valence-electron chi connectivity index (χ0n) is 18.8. The number of benzene rings is 3. The second-order valence-corrected chi connectivity index (χ2v) is 8.67. The lowest BCUT2D eigenvalue weighted by Crippen LogP contribution is -2.45. The molecule has 1 unspecified atom stereocenters. The molecule has 7 heteroatoms. The summed E-state index contributed by atoms with van der Waals surface area (Å²) in [5.74, 6) is 0.860. The van der Waals surface area contributed by atoms with Crippen LogP contribution in [0.5, 0.6) is 0 Å². The van der Waals surface area contributed by atoms with E-state index in [1.165, 1.54) is 0 Å². The van der Waals surface area contributed by atoms with E-state index in [1.54, 1.807) is 4.90 Å². The molecule has 1 aliphatic heterocycles. The summed E-state index contributed by atoms with van der Waals surface area (Å²) in [5, 5.41) is 7.94. The number of halogens is 1. The van der Waals surface area contributed by atoms with Gasteiger partial charge in [-0.15, -0.1) is 0 Å². The summed E-state index contributed by atoms with van der Waals surface area (Å²) >= 11 is 6.39. The molecule has 1 atom stereocenters. The van der Waals surface area contributed by atoms with Crippen LogP contribution in [0.3, 0.4) is 0 Å². The SMILES string of the molecule is CC1=C(c2nc(-c3ccccc3)no2)C(c2ccc(C)cc2)NC(=O)N1Cc1ccccc1Cl. The van der Waals surface area contributed by atoms with E-state index in [1.807, 2.05) is 92.7 Å². The van der Waals surface area contributed by atoms with Gasteiger partial charge >= 0.3 is 6.03 Å². The van der Waals surface area contributed by atoms with Crippen molar-refractivity contribution in [2.24, 2.45) is 0 Å². The Hall–Kier alpha value is -3.90. The van der Waals surface area contributed by atoms with Crippen LogP contribution in [0.4, 0.5) is 4.79 Å². The summed E-state index contributed by atoms with van der Waals surface area (Å²) < 4.78 is 5.74. The summed E-state index contributed by atoms with van der Waals surface area (Å²) in [6, 6.07) is 24.6. The Kier molecular flexibility index (Phi) is 5.90. The summed E-state index contributed by atoms with van der Waals surface area (Å²) in [7, 11) is 0. The molecule has 2 amide bonds. The van der Waals surface area contributed by atoms with Gasteiger partial charge in [0.1, 0.15) is 0 Å². The number of nitrogens with zero attached hydrogens (tertiary/aromatic N) is 3. The Bertz CT molecular complexity index is 1360. The van der Waals surface area contributed by atoms with E-state index in [9.17, 15) is 4.79 Å². The van der Waals surface area contributed by atoms with Crippen molar-refractivity contribution in [3.8, 4) is 11.4 Å². The number of rotatable bonds is 5. The van der Waals surface area contributed by atoms with Gasteiger partial charge in [0.25, 0.3) is 5.89 Å². The van der Waals surface area contributed by atoms with Gasteiger partial charge in [-0.2, -0.15) is 4.98 Å². The fourth-order valence-electron chi connectivity index (χ4n) is 4.09. The maximum absolute atomic E-state index is 13.2. The molecule has 0 radical (unpaired) electrons.